The third-order valence-electron chi connectivity index (χ3n) is 2.44. The molecular formula is C13H19BrO2. The van der Waals surface area contributed by atoms with Crippen molar-refractivity contribution < 1.29 is 9.47 Å². The van der Waals surface area contributed by atoms with Crippen LogP contribution in [0.25, 0.3) is 0 Å². The maximum Gasteiger partial charge on any atom is 0.127 e. The van der Waals surface area contributed by atoms with E-state index in [0.29, 0.717) is 0 Å². The molecule has 0 radical (unpaired) electrons. The number of hydrogen-bond acceptors (Lipinski definition) is 2. The summed E-state index contributed by atoms with van der Waals surface area (Å²) >= 11 is 3.46. The summed E-state index contributed by atoms with van der Waals surface area (Å²) in [5.74, 6) is 1.75. The van der Waals surface area contributed by atoms with Crippen LogP contribution < -0.4 is 9.47 Å². The Bertz CT molecular complexity index is 326. The highest BCUT2D eigenvalue weighted by atomic mass is 79.9. The summed E-state index contributed by atoms with van der Waals surface area (Å²) in [5.41, 5.74) is 1.16. The summed E-state index contributed by atoms with van der Waals surface area (Å²) in [7, 11) is 1.67. The van der Waals surface area contributed by atoms with Crippen LogP contribution in [0.5, 0.6) is 11.5 Å². The fraction of sp³-hybridized carbons (Fsp3) is 0.538. The van der Waals surface area contributed by atoms with E-state index in [4.69, 9.17) is 9.47 Å². The Balaban J connectivity index is 2.82. The maximum atomic E-state index is 5.91. The fourth-order valence-corrected chi connectivity index (χ4v) is 2.03. The van der Waals surface area contributed by atoms with Crippen LogP contribution in [-0.2, 0) is 5.33 Å². The van der Waals surface area contributed by atoms with Gasteiger partial charge in [0.2, 0.25) is 0 Å². The van der Waals surface area contributed by atoms with Gasteiger partial charge in [-0.05, 0) is 19.4 Å². The molecule has 0 N–H and O–H groups in total. The summed E-state index contributed by atoms with van der Waals surface area (Å²) < 4.78 is 11.1. The van der Waals surface area contributed by atoms with Gasteiger partial charge in [-0.15, -0.1) is 0 Å². The standard InChI is InChI=1S/C13H19BrO2/c1-4-5-10(2)16-13-8-12(15-3)7-6-11(13)9-14/h6-8,10H,4-5,9H2,1-3H3. The molecule has 0 heterocycles. The first kappa shape index (κ1) is 13.4. The molecule has 0 aromatic heterocycles. The maximum absolute atomic E-state index is 5.91. The van der Waals surface area contributed by atoms with Crippen molar-refractivity contribution in [3.05, 3.63) is 23.8 Å². The highest BCUT2D eigenvalue weighted by molar-refractivity contribution is 9.08. The van der Waals surface area contributed by atoms with Gasteiger partial charge in [0.25, 0.3) is 0 Å². The fourth-order valence-electron chi connectivity index (χ4n) is 1.56. The van der Waals surface area contributed by atoms with Crippen LogP contribution in [0.15, 0.2) is 18.2 Å². The minimum absolute atomic E-state index is 0.245. The van der Waals surface area contributed by atoms with Gasteiger partial charge >= 0.3 is 0 Å². The van der Waals surface area contributed by atoms with Crippen molar-refractivity contribution in [3.63, 3.8) is 0 Å². The van der Waals surface area contributed by atoms with Gasteiger partial charge < -0.3 is 9.47 Å². The van der Waals surface area contributed by atoms with Gasteiger partial charge in [0.1, 0.15) is 11.5 Å². The van der Waals surface area contributed by atoms with E-state index in [1.807, 2.05) is 18.2 Å². The molecule has 1 rings (SSSR count). The summed E-state index contributed by atoms with van der Waals surface area (Å²) in [4.78, 5) is 0. The number of alkyl halides is 1. The molecule has 0 aliphatic carbocycles. The van der Waals surface area contributed by atoms with Crippen molar-refractivity contribution in [1.29, 1.82) is 0 Å². The summed E-state index contributed by atoms with van der Waals surface area (Å²) in [6, 6.07) is 5.93. The number of halogens is 1. The van der Waals surface area contributed by atoms with Gasteiger partial charge in [-0.1, -0.05) is 35.3 Å². The van der Waals surface area contributed by atoms with Crippen molar-refractivity contribution in [2.45, 2.75) is 38.1 Å². The monoisotopic (exact) mass is 286 g/mol. The number of benzene rings is 1. The molecule has 1 aromatic carbocycles. The Hall–Kier alpha value is -0.700. The van der Waals surface area contributed by atoms with Crippen molar-refractivity contribution in [2.24, 2.45) is 0 Å². The lowest BCUT2D eigenvalue weighted by molar-refractivity contribution is 0.207. The van der Waals surface area contributed by atoms with Crippen molar-refractivity contribution in [1.82, 2.24) is 0 Å². The Morgan fingerprint density at radius 3 is 2.69 bits per heavy atom. The second-order valence-corrected chi connectivity index (χ2v) is 4.39. The quantitative estimate of drug-likeness (QED) is 0.731. The lowest BCUT2D eigenvalue weighted by atomic mass is 10.2. The Morgan fingerprint density at radius 1 is 1.38 bits per heavy atom. The molecule has 16 heavy (non-hydrogen) atoms. The van der Waals surface area contributed by atoms with Gasteiger partial charge in [0.15, 0.2) is 0 Å². The van der Waals surface area contributed by atoms with Gasteiger partial charge in [0.05, 0.1) is 13.2 Å². The molecule has 1 unspecified atom stereocenters. The second kappa shape index (κ2) is 6.79. The number of hydrogen-bond donors (Lipinski definition) is 0. The third-order valence-corrected chi connectivity index (χ3v) is 3.05. The van der Waals surface area contributed by atoms with Gasteiger partial charge in [0, 0.05) is 17.0 Å². The molecule has 0 spiro atoms. The average molecular weight is 287 g/mol. The Labute approximate surface area is 106 Å². The molecule has 0 saturated heterocycles. The van der Waals surface area contributed by atoms with Crippen molar-refractivity contribution in [2.75, 3.05) is 7.11 Å². The molecule has 1 atom stereocenters. The summed E-state index contributed by atoms with van der Waals surface area (Å²) in [6.07, 6.45) is 2.45. The van der Waals surface area contributed by atoms with E-state index < -0.39 is 0 Å². The zero-order valence-corrected chi connectivity index (χ0v) is 11.7. The van der Waals surface area contributed by atoms with Crippen molar-refractivity contribution >= 4 is 15.9 Å². The predicted octanol–water partition coefficient (Wildman–Crippen LogP) is 4.16. The average Bonchev–Trinajstić information content (AvgIpc) is 2.29. The molecule has 2 nitrogen and oxygen atoms in total. The normalized spacial score (nSPS) is 12.2. The smallest absolute Gasteiger partial charge is 0.127 e. The van der Waals surface area contributed by atoms with Crippen LogP contribution in [0.3, 0.4) is 0 Å². The van der Waals surface area contributed by atoms with Gasteiger partial charge in [-0.3, -0.25) is 0 Å². The minimum Gasteiger partial charge on any atom is -0.497 e. The molecule has 0 bridgehead atoms. The molecule has 0 fully saturated rings. The highest BCUT2D eigenvalue weighted by Crippen LogP contribution is 2.27. The zero-order valence-electron chi connectivity index (χ0n) is 10.1. The van der Waals surface area contributed by atoms with Gasteiger partial charge in [-0.25, -0.2) is 0 Å². The summed E-state index contributed by atoms with van der Waals surface area (Å²) in [6.45, 7) is 4.26. The van der Waals surface area contributed by atoms with E-state index >= 15 is 0 Å². The first-order valence-corrected chi connectivity index (χ1v) is 6.73. The molecule has 0 amide bonds. The SMILES string of the molecule is CCCC(C)Oc1cc(OC)ccc1CBr. The topological polar surface area (TPSA) is 18.5 Å². The van der Waals surface area contributed by atoms with E-state index in [9.17, 15) is 0 Å². The zero-order chi connectivity index (χ0) is 12.0. The highest BCUT2D eigenvalue weighted by Gasteiger charge is 2.08. The number of rotatable bonds is 6. The molecule has 1 aromatic rings. The van der Waals surface area contributed by atoms with E-state index in [-0.39, 0.29) is 6.10 Å². The van der Waals surface area contributed by atoms with Crippen LogP contribution >= 0.6 is 15.9 Å². The minimum atomic E-state index is 0.245. The molecular weight excluding hydrogens is 268 g/mol. The van der Waals surface area contributed by atoms with Crippen molar-refractivity contribution in [3.8, 4) is 11.5 Å². The number of ether oxygens (including phenoxy) is 2. The first-order valence-electron chi connectivity index (χ1n) is 5.60. The molecule has 0 aliphatic heterocycles. The first-order chi connectivity index (χ1) is 7.71. The van der Waals surface area contributed by atoms with Crippen LogP contribution in [-0.4, -0.2) is 13.2 Å². The largest absolute Gasteiger partial charge is 0.497 e. The molecule has 0 aliphatic rings. The predicted molar refractivity (Wildman–Crippen MR) is 70.6 cm³/mol. The van der Waals surface area contributed by atoms with E-state index in [2.05, 4.69) is 29.8 Å². The van der Waals surface area contributed by atoms with E-state index in [1.54, 1.807) is 7.11 Å². The molecule has 90 valence electrons. The second-order valence-electron chi connectivity index (χ2n) is 3.82. The van der Waals surface area contributed by atoms with E-state index in [1.165, 1.54) is 0 Å². The molecule has 3 heteroatoms. The van der Waals surface area contributed by atoms with Crippen LogP contribution in [0.2, 0.25) is 0 Å². The van der Waals surface area contributed by atoms with Crippen LogP contribution in [0.1, 0.15) is 32.3 Å². The van der Waals surface area contributed by atoms with Crippen LogP contribution in [0, 0.1) is 0 Å². The Kier molecular flexibility index (Phi) is 5.67. The Morgan fingerprint density at radius 2 is 2.12 bits per heavy atom. The third kappa shape index (κ3) is 3.71. The lowest BCUT2D eigenvalue weighted by Gasteiger charge is -2.17. The lowest BCUT2D eigenvalue weighted by Crippen LogP contribution is -2.12. The summed E-state index contributed by atoms with van der Waals surface area (Å²) in [5, 5.41) is 0.797. The molecule has 0 saturated carbocycles. The van der Waals surface area contributed by atoms with Crippen LogP contribution in [0.4, 0.5) is 0 Å². The van der Waals surface area contributed by atoms with E-state index in [0.717, 1.165) is 35.2 Å². The van der Waals surface area contributed by atoms with Gasteiger partial charge in [-0.2, -0.15) is 0 Å². The number of methoxy groups -OCH3 is 1.